The van der Waals surface area contributed by atoms with E-state index in [1.807, 2.05) is 71.6 Å². The molecular weight excluding hydrogens is 628 g/mol. The predicted molar refractivity (Wildman–Crippen MR) is 179 cm³/mol. The number of nitrogens with one attached hydrogen (secondary N) is 2. The molecular formula is C37H34N4O8. The zero-order valence-corrected chi connectivity index (χ0v) is 26.6. The fourth-order valence-corrected chi connectivity index (χ4v) is 6.01. The number of amides is 2. The summed E-state index contributed by atoms with van der Waals surface area (Å²) in [6.45, 7) is 0.833. The van der Waals surface area contributed by atoms with Crippen LogP contribution in [0, 0.1) is 0 Å². The maximum atomic E-state index is 14.2. The second-order valence-electron chi connectivity index (χ2n) is 11.3. The minimum absolute atomic E-state index is 0.121. The summed E-state index contributed by atoms with van der Waals surface area (Å²) in [5.41, 5.74) is 4.98. The first-order valence-corrected chi connectivity index (χ1v) is 15.6. The van der Waals surface area contributed by atoms with Gasteiger partial charge in [0.05, 0.1) is 31.0 Å². The van der Waals surface area contributed by atoms with Crippen LogP contribution in [0.4, 0.5) is 0 Å². The van der Waals surface area contributed by atoms with Crippen LogP contribution in [0.3, 0.4) is 0 Å². The molecule has 49 heavy (non-hydrogen) atoms. The maximum absolute atomic E-state index is 14.2. The average Bonchev–Trinajstić information content (AvgIpc) is 3.62. The molecule has 0 radical (unpaired) electrons. The number of methoxy groups -OCH3 is 1. The van der Waals surface area contributed by atoms with Crippen molar-refractivity contribution in [2.45, 2.75) is 18.9 Å². The first kappa shape index (κ1) is 32.6. The van der Waals surface area contributed by atoms with E-state index in [9.17, 15) is 14.7 Å². The number of aromatic nitrogens is 2. The first-order chi connectivity index (χ1) is 23.9. The summed E-state index contributed by atoms with van der Waals surface area (Å²) < 4.78 is 17.9. The molecule has 8 rings (SSSR count). The van der Waals surface area contributed by atoms with Crippen LogP contribution in [-0.4, -0.2) is 70.4 Å². The van der Waals surface area contributed by atoms with E-state index in [0.29, 0.717) is 66.9 Å². The van der Waals surface area contributed by atoms with Crippen molar-refractivity contribution < 1.29 is 38.8 Å². The van der Waals surface area contributed by atoms with E-state index in [1.54, 1.807) is 19.2 Å². The summed E-state index contributed by atoms with van der Waals surface area (Å²) in [6, 6.07) is 27.2. The van der Waals surface area contributed by atoms with Gasteiger partial charge in [0.2, 0.25) is 0 Å². The van der Waals surface area contributed by atoms with Crippen LogP contribution in [0.15, 0.2) is 91.0 Å². The number of carbonyl (C=O) groups excluding carboxylic acids is 2. The number of nitrogens with zero attached hydrogens (tertiary/aromatic N) is 2. The molecule has 2 amide bonds. The Kier molecular flexibility index (Phi) is 9.75. The van der Waals surface area contributed by atoms with E-state index in [0.717, 1.165) is 22.3 Å². The van der Waals surface area contributed by atoms with Crippen LogP contribution in [0.5, 0.6) is 28.7 Å². The molecule has 0 fully saturated rings. The van der Waals surface area contributed by atoms with Crippen molar-refractivity contribution in [3.05, 3.63) is 119 Å². The fraction of sp³-hybridized carbons (Fsp3) is 0.189. The molecule has 4 heterocycles. The van der Waals surface area contributed by atoms with Gasteiger partial charge < -0.3 is 34.6 Å². The van der Waals surface area contributed by atoms with Crippen molar-refractivity contribution in [2.24, 2.45) is 0 Å². The zero-order valence-electron chi connectivity index (χ0n) is 26.6. The minimum Gasteiger partial charge on any atom is -0.507 e. The van der Waals surface area contributed by atoms with Gasteiger partial charge in [-0.2, -0.15) is 5.10 Å². The second kappa shape index (κ2) is 14.6. The molecule has 0 spiro atoms. The lowest BCUT2D eigenvalue weighted by Gasteiger charge is -2.38. The number of rotatable bonds is 3. The lowest BCUT2D eigenvalue weighted by atomic mass is 9.87. The van der Waals surface area contributed by atoms with E-state index in [1.165, 1.54) is 12.1 Å². The molecule has 0 aliphatic carbocycles. The number of carboxylic acid groups (broad SMARTS) is 1. The number of ether oxygens (including phenoxy) is 3. The molecule has 0 saturated carbocycles. The Balaban J connectivity index is 0.00000134. The van der Waals surface area contributed by atoms with Crippen LogP contribution < -0.4 is 19.5 Å². The number of hydrogen-bond donors (Lipinski definition) is 4. The monoisotopic (exact) mass is 662 g/mol. The Hall–Kier alpha value is -6.30. The zero-order chi connectivity index (χ0) is 34.3. The molecule has 4 aromatic carbocycles. The van der Waals surface area contributed by atoms with Gasteiger partial charge in [-0.25, -0.2) is 0 Å². The van der Waals surface area contributed by atoms with Gasteiger partial charge in [-0.1, -0.05) is 42.5 Å². The van der Waals surface area contributed by atoms with E-state index in [4.69, 9.17) is 24.1 Å². The fourth-order valence-electron chi connectivity index (χ4n) is 6.01. The summed E-state index contributed by atoms with van der Waals surface area (Å²) in [6.07, 6.45) is 1.11. The average molecular weight is 663 g/mol. The highest BCUT2D eigenvalue weighted by Crippen LogP contribution is 2.41. The molecule has 12 nitrogen and oxygen atoms in total. The molecule has 1 atom stereocenters. The van der Waals surface area contributed by atoms with Gasteiger partial charge >= 0.3 is 0 Å². The van der Waals surface area contributed by atoms with Crippen LogP contribution >= 0.6 is 0 Å². The molecule has 3 aliphatic rings. The number of aromatic hydroxyl groups is 1. The molecule has 1 unspecified atom stereocenters. The number of phenols is 1. The third kappa shape index (κ3) is 7.03. The Morgan fingerprint density at radius 2 is 1.80 bits per heavy atom. The summed E-state index contributed by atoms with van der Waals surface area (Å²) in [4.78, 5) is 37.2. The smallest absolute Gasteiger partial charge is 0.290 e. The lowest BCUT2D eigenvalue weighted by molar-refractivity contribution is -0.122. The lowest BCUT2D eigenvalue weighted by Crippen LogP contribution is -2.40. The van der Waals surface area contributed by atoms with E-state index in [2.05, 4.69) is 15.5 Å². The van der Waals surface area contributed by atoms with E-state index in [-0.39, 0.29) is 23.7 Å². The van der Waals surface area contributed by atoms with Gasteiger partial charge in [-0.3, -0.25) is 19.5 Å². The summed E-state index contributed by atoms with van der Waals surface area (Å²) in [7, 11) is 1.58. The van der Waals surface area contributed by atoms with Crippen molar-refractivity contribution in [1.82, 2.24) is 20.4 Å². The van der Waals surface area contributed by atoms with Gasteiger partial charge in [0.15, 0.2) is 11.5 Å². The Morgan fingerprint density at radius 3 is 2.59 bits per heavy atom. The van der Waals surface area contributed by atoms with Gasteiger partial charge in [0, 0.05) is 18.7 Å². The second-order valence-corrected chi connectivity index (χ2v) is 11.3. The number of aromatic amines is 1. The molecule has 4 N–H and O–H groups in total. The van der Waals surface area contributed by atoms with Crippen LogP contribution in [-0.2, 0) is 11.2 Å². The van der Waals surface area contributed by atoms with Gasteiger partial charge in [0.25, 0.3) is 18.3 Å². The standard InChI is InChI=1S/C36H32N4O6.CH2O2/c1-44-32-13-8-24-19-33(32)45-17-5-15-37-35(42)28-20-26(10-12-31(28)41)46-25-9-11-27-23(18-25)14-16-40(34(24)27)36(43)30-21-29(38-39-30)22-6-3-2-4-7-22;2-1-3/h2-4,6-13,18-21,34,41H,5,14-17H2,1H3,(H,37,42)(H,38,39);1H,(H,2,3). The third-order valence-electron chi connectivity index (χ3n) is 8.30. The number of carbonyl (C=O) groups is 3. The molecule has 12 heteroatoms. The Bertz CT molecular complexity index is 1980. The topological polar surface area (TPSA) is 163 Å². The molecule has 8 bridgehead atoms. The number of benzene rings is 4. The van der Waals surface area contributed by atoms with Gasteiger partial charge in [0.1, 0.15) is 22.9 Å². The SMILES string of the molecule is COc1ccc2cc1OCCCNC(=O)c1cc(ccc1O)Oc1ccc3c(c1)CCN(C(=O)c1cc(-c4ccccc4)n[nH]1)C23.O=CO. The molecule has 1 aromatic heterocycles. The van der Waals surface area contributed by atoms with Crippen molar-refractivity contribution >= 4 is 18.3 Å². The van der Waals surface area contributed by atoms with Gasteiger partial charge in [-0.15, -0.1) is 0 Å². The highest BCUT2D eigenvalue weighted by atomic mass is 16.5. The van der Waals surface area contributed by atoms with E-state index < -0.39 is 11.9 Å². The first-order valence-electron chi connectivity index (χ1n) is 15.6. The Labute approximate surface area is 281 Å². The summed E-state index contributed by atoms with van der Waals surface area (Å²) in [5, 5.41) is 27.5. The Morgan fingerprint density at radius 1 is 1.02 bits per heavy atom. The van der Waals surface area contributed by atoms with Crippen LogP contribution in [0.2, 0.25) is 0 Å². The van der Waals surface area contributed by atoms with Crippen molar-refractivity contribution in [3.8, 4) is 40.0 Å². The van der Waals surface area contributed by atoms with Crippen molar-refractivity contribution in [3.63, 3.8) is 0 Å². The quantitative estimate of drug-likeness (QED) is 0.181. The highest BCUT2D eigenvalue weighted by molar-refractivity contribution is 5.97. The predicted octanol–water partition coefficient (Wildman–Crippen LogP) is 5.58. The molecule has 5 aromatic rings. The molecule has 250 valence electrons. The minimum atomic E-state index is -0.430. The maximum Gasteiger partial charge on any atom is 0.290 e. The largest absolute Gasteiger partial charge is 0.507 e. The number of H-pyrrole nitrogens is 1. The van der Waals surface area contributed by atoms with Crippen LogP contribution in [0.25, 0.3) is 11.3 Å². The van der Waals surface area contributed by atoms with E-state index >= 15 is 0 Å². The highest BCUT2D eigenvalue weighted by Gasteiger charge is 2.34. The normalized spacial score (nSPS) is 15.2. The third-order valence-corrected chi connectivity index (χ3v) is 8.30. The molecule has 0 saturated heterocycles. The van der Waals surface area contributed by atoms with Crippen molar-refractivity contribution in [1.29, 1.82) is 0 Å². The van der Waals surface area contributed by atoms with Crippen molar-refractivity contribution in [2.75, 3.05) is 26.8 Å². The van der Waals surface area contributed by atoms with Gasteiger partial charge in [-0.05, 0) is 78.1 Å². The molecule has 3 aliphatic heterocycles. The number of phenolic OH excluding ortho intramolecular Hbond substituents is 1. The number of hydrogen-bond acceptors (Lipinski definition) is 8. The summed E-state index contributed by atoms with van der Waals surface area (Å²) >= 11 is 0. The number of fused-ring (bicyclic) bond motifs is 6. The summed E-state index contributed by atoms with van der Waals surface area (Å²) in [5.74, 6) is 1.38. The van der Waals surface area contributed by atoms with Crippen LogP contribution in [0.1, 0.15) is 50.0 Å².